The van der Waals surface area contributed by atoms with Crippen LogP contribution in [0.15, 0.2) is 77.7 Å². The number of aryl methyl sites for hydroxylation is 2. The van der Waals surface area contributed by atoms with Gasteiger partial charge in [-0.3, -0.25) is 9.10 Å². The monoisotopic (exact) mass is 462 g/mol. The molecule has 5 nitrogen and oxygen atoms in total. The van der Waals surface area contributed by atoms with E-state index in [-0.39, 0.29) is 16.8 Å². The molecule has 0 heterocycles. The van der Waals surface area contributed by atoms with E-state index < -0.39 is 10.0 Å². The summed E-state index contributed by atoms with van der Waals surface area (Å²) in [6.45, 7) is 2.06. The predicted molar refractivity (Wildman–Crippen MR) is 132 cm³/mol. The summed E-state index contributed by atoms with van der Waals surface area (Å²) in [5, 5.41) is 3.14. The van der Waals surface area contributed by atoms with E-state index >= 15 is 0 Å². The minimum atomic E-state index is -3.71. The maximum absolute atomic E-state index is 13.1. The van der Waals surface area contributed by atoms with Gasteiger partial charge in [0.1, 0.15) is 0 Å². The van der Waals surface area contributed by atoms with E-state index in [0.29, 0.717) is 11.3 Å². The molecule has 1 aliphatic rings. The van der Waals surface area contributed by atoms with Gasteiger partial charge in [0, 0.05) is 12.6 Å². The van der Waals surface area contributed by atoms with Crippen molar-refractivity contribution in [3.63, 3.8) is 0 Å². The molecule has 0 radical (unpaired) electrons. The summed E-state index contributed by atoms with van der Waals surface area (Å²) in [5.74, 6) is -0.216. The number of hydrogen-bond donors (Lipinski definition) is 1. The Balaban J connectivity index is 1.54. The van der Waals surface area contributed by atoms with E-state index in [4.69, 9.17) is 0 Å². The van der Waals surface area contributed by atoms with Crippen molar-refractivity contribution < 1.29 is 13.2 Å². The third-order valence-electron chi connectivity index (χ3n) is 6.36. The van der Waals surface area contributed by atoms with Gasteiger partial charge in [0.2, 0.25) is 0 Å². The fraction of sp³-hybridized carbons (Fsp3) is 0.296. The van der Waals surface area contributed by atoms with Gasteiger partial charge in [0.25, 0.3) is 15.9 Å². The molecule has 172 valence electrons. The van der Waals surface area contributed by atoms with Gasteiger partial charge in [0.05, 0.1) is 16.6 Å². The Morgan fingerprint density at radius 1 is 0.939 bits per heavy atom. The van der Waals surface area contributed by atoms with Crippen LogP contribution in [0.2, 0.25) is 0 Å². The molecule has 0 spiro atoms. The number of anilines is 1. The number of carbonyl (C=O) groups excluding carboxylic acids is 1. The van der Waals surface area contributed by atoms with E-state index in [1.54, 1.807) is 54.6 Å². The number of nitrogens with one attached hydrogen (secondary N) is 1. The number of hydrogen-bond acceptors (Lipinski definition) is 3. The van der Waals surface area contributed by atoms with Crippen LogP contribution in [0.4, 0.5) is 5.69 Å². The number of sulfonamides is 1. The number of fused-ring (bicyclic) bond motifs is 1. The van der Waals surface area contributed by atoms with Gasteiger partial charge in [-0.15, -0.1) is 0 Å². The van der Waals surface area contributed by atoms with E-state index in [1.807, 2.05) is 0 Å². The molecule has 3 aromatic rings. The highest BCUT2D eigenvalue weighted by Gasteiger charge is 2.22. The molecule has 0 unspecified atom stereocenters. The first kappa shape index (κ1) is 23.1. The first-order valence-electron chi connectivity index (χ1n) is 11.5. The van der Waals surface area contributed by atoms with E-state index in [0.717, 1.165) is 24.8 Å². The van der Waals surface area contributed by atoms with Crippen LogP contribution in [0.5, 0.6) is 0 Å². The van der Waals surface area contributed by atoms with E-state index in [2.05, 4.69) is 30.4 Å². The highest BCUT2D eigenvalue weighted by atomic mass is 32.2. The molecule has 6 heteroatoms. The zero-order valence-electron chi connectivity index (χ0n) is 19.1. The zero-order valence-corrected chi connectivity index (χ0v) is 19.9. The van der Waals surface area contributed by atoms with Gasteiger partial charge in [-0.2, -0.15) is 0 Å². The third kappa shape index (κ3) is 4.96. The molecule has 4 rings (SSSR count). The minimum Gasteiger partial charge on any atom is -0.345 e. The average molecular weight is 463 g/mol. The third-order valence-corrected chi connectivity index (χ3v) is 8.16. The SMILES string of the molecule is CC[C@H](NC(=O)c1cccc(N(C)S(=O)(=O)c2ccccc2)c1)c1ccc2c(c1)CCCC2. The van der Waals surface area contributed by atoms with Gasteiger partial charge >= 0.3 is 0 Å². The molecule has 33 heavy (non-hydrogen) atoms. The van der Waals surface area contributed by atoms with Crippen LogP contribution in [-0.2, 0) is 22.9 Å². The van der Waals surface area contributed by atoms with E-state index in [9.17, 15) is 13.2 Å². The number of amides is 1. The van der Waals surface area contributed by atoms with Crippen LogP contribution < -0.4 is 9.62 Å². The predicted octanol–water partition coefficient (Wildman–Crippen LogP) is 5.27. The van der Waals surface area contributed by atoms with Crippen molar-refractivity contribution >= 4 is 21.6 Å². The summed E-state index contributed by atoms with van der Waals surface area (Å²) in [6, 6.07) is 21.5. The van der Waals surface area contributed by atoms with Gasteiger partial charge in [-0.05, 0) is 79.1 Å². The number of rotatable bonds is 7. The van der Waals surface area contributed by atoms with Crippen molar-refractivity contribution in [1.82, 2.24) is 5.32 Å². The summed E-state index contributed by atoms with van der Waals surface area (Å²) in [6.07, 6.45) is 5.45. The highest BCUT2D eigenvalue weighted by molar-refractivity contribution is 7.92. The first-order valence-corrected chi connectivity index (χ1v) is 12.9. The summed E-state index contributed by atoms with van der Waals surface area (Å²) < 4.78 is 27.1. The lowest BCUT2D eigenvalue weighted by Crippen LogP contribution is -2.29. The number of benzene rings is 3. The van der Waals surface area contributed by atoms with Crippen LogP contribution in [-0.4, -0.2) is 21.4 Å². The Bertz CT molecular complexity index is 1240. The van der Waals surface area contributed by atoms with Crippen LogP contribution in [0, 0.1) is 0 Å². The van der Waals surface area contributed by atoms with Crippen LogP contribution in [0.25, 0.3) is 0 Å². The Morgan fingerprint density at radius 2 is 1.67 bits per heavy atom. The normalized spacial score (nSPS) is 14.2. The minimum absolute atomic E-state index is 0.0980. The molecule has 1 aliphatic carbocycles. The summed E-state index contributed by atoms with van der Waals surface area (Å²) in [7, 11) is -2.21. The van der Waals surface area contributed by atoms with Crippen LogP contribution in [0.1, 0.15) is 59.3 Å². The first-order chi connectivity index (χ1) is 15.9. The second kappa shape index (κ2) is 9.79. The summed E-state index contributed by atoms with van der Waals surface area (Å²) >= 11 is 0. The maximum atomic E-state index is 13.1. The lowest BCUT2D eigenvalue weighted by Gasteiger charge is -2.22. The Labute approximate surface area is 196 Å². The second-order valence-corrected chi connectivity index (χ2v) is 10.5. The van der Waals surface area contributed by atoms with Crippen molar-refractivity contribution in [1.29, 1.82) is 0 Å². The molecule has 3 aromatic carbocycles. The molecule has 1 atom stereocenters. The second-order valence-electron chi connectivity index (χ2n) is 8.51. The standard InChI is InChI=1S/C27H30N2O3S/c1-3-26(22-17-16-20-10-7-8-11-21(20)18-22)28-27(30)23-12-9-13-24(19-23)29(2)33(31,32)25-14-5-4-6-15-25/h4-6,9,12-19,26H,3,7-8,10-11H2,1-2H3,(H,28,30)/t26-/m0/s1. The molecule has 0 saturated heterocycles. The lowest BCUT2D eigenvalue weighted by molar-refractivity contribution is 0.0935. The van der Waals surface area contributed by atoms with Crippen molar-refractivity contribution in [2.45, 2.75) is 50.0 Å². The maximum Gasteiger partial charge on any atom is 0.264 e. The average Bonchev–Trinajstić information content (AvgIpc) is 2.87. The summed E-state index contributed by atoms with van der Waals surface area (Å²) in [4.78, 5) is 13.3. The molecule has 1 N–H and O–H groups in total. The number of carbonyl (C=O) groups is 1. The largest absolute Gasteiger partial charge is 0.345 e. The van der Waals surface area contributed by atoms with Crippen molar-refractivity contribution in [3.8, 4) is 0 Å². The van der Waals surface area contributed by atoms with Gasteiger partial charge in [-0.25, -0.2) is 8.42 Å². The van der Waals surface area contributed by atoms with Crippen LogP contribution in [0.3, 0.4) is 0 Å². The summed E-state index contributed by atoms with van der Waals surface area (Å²) in [5.41, 5.74) is 4.79. The Kier molecular flexibility index (Phi) is 6.84. The molecule has 0 bridgehead atoms. The Morgan fingerprint density at radius 3 is 2.39 bits per heavy atom. The smallest absolute Gasteiger partial charge is 0.264 e. The van der Waals surface area contributed by atoms with Crippen molar-refractivity contribution in [2.75, 3.05) is 11.4 Å². The topological polar surface area (TPSA) is 66.5 Å². The molecule has 0 fully saturated rings. The van der Waals surface area contributed by atoms with Gasteiger partial charge < -0.3 is 5.32 Å². The molecule has 0 aromatic heterocycles. The van der Waals surface area contributed by atoms with Crippen molar-refractivity contribution in [3.05, 3.63) is 95.1 Å². The number of nitrogens with zero attached hydrogens (tertiary/aromatic N) is 1. The molecular formula is C27H30N2O3S. The fourth-order valence-corrected chi connectivity index (χ4v) is 5.57. The highest BCUT2D eigenvalue weighted by Crippen LogP contribution is 2.27. The molecule has 1 amide bonds. The molecular weight excluding hydrogens is 432 g/mol. The zero-order chi connectivity index (χ0) is 23.4. The Hall–Kier alpha value is -3.12. The fourth-order valence-electron chi connectivity index (χ4n) is 4.37. The molecule has 0 aliphatic heterocycles. The van der Waals surface area contributed by atoms with Crippen molar-refractivity contribution in [2.24, 2.45) is 0 Å². The van der Waals surface area contributed by atoms with E-state index in [1.165, 1.54) is 35.3 Å². The molecule has 0 saturated carbocycles. The quantitative estimate of drug-likeness (QED) is 0.520. The van der Waals surface area contributed by atoms with Gasteiger partial charge in [0.15, 0.2) is 0 Å². The lowest BCUT2D eigenvalue weighted by atomic mass is 9.88. The van der Waals surface area contributed by atoms with Gasteiger partial charge in [-0.1, -0.05) is 49.4 Å². The van der Waals surface area contributed by atoms with Crippen LogP contribution >= 0.6 is 0 Å².